The highest BCUT2D eigenvalue weighted by atomic mass is 16.6. The molecule has 0 unspecified atom stereocenters. The molecule has 0 spiro atoms. The van der Waals surface area contributed by atoms with E-state index in [-0.39, 0.29) is 6.42 Å². The summed E-state index contributed by atoms with van der Waals surface area (Å²) in [6.45, 7) is 7.90. The number of ether oxygens (including phenoxy) is 3. The van der Waals surface area contributed by atoms with Crippen LogP contribution >= 0.6 is 0 Å². The smallest absolute Gasteiger partial charge is 0.408 e. The van der Waals surface area contributed by atoms with Crippen LogP contribution in [0.2, 0.25) is 0 Å². The lowest BCUT2D eigenvalue weighted by molar-refractivity contribution is -0.143. The van der Waals surface area contributed by atoms with Gasteiger partial charge in [0.05, 0.1) is 13.4 Å². The second-order valence-corrected chi connectivity index (χ2v) is 6.75. The first-order chi connectivity index (χ1) is 12.8. The number of furan rings is 1. The van der Waals surface area contributed by atoms with Crippen LogP contribution < -0.4 is 10.1 Å². The molecule has 1 atom stereocenters. The Kier molecular flexibility index (Phi) is 6.87. The second kappa shape index (κ2) is 9.12. The number of hydrogen-bond donors (Lipinski definition) is 1. The molecule has 1 heterocycles. The zero-order valence-corrected chi connectivity index (χ0v) is 15.8. The van der Waals surface area contributed by atoms with E-state index in [2.05, 4.69) is 11.9 Å². The molecule has 1 aromatic heterocycles. The number of amides is 1. The van der Waals surface area contributed by atoms with Gasteiger partial charge in [-0.3, -0.25) is 0 Å². The molecule has 0 aliphatic carbocycles. The molecular formula is C20H23NO6. The van der Waals surface area contributed by atoms with Gasteiger partial charge in [0.2, 0.25) is 0 Å². The summed E-state index contributed by atoms with van der Waals surface area (Å²) in [5, 5.41) is 2.54. The first kappa shape index (κ1) is 20.4. The van der Waals surface area contributed by atoms with Gasteiger partial charge in [0.15, 0.2) is 5.76 Å². The van der Waals surface area contributed by atoms with Crippen LogP contribution in [0.3, 0.4) is 0 Å². The number of nitrogens with one attached hydrogen (secondary N) is 1. The molecule has 144 valence electrons. The van der Waals surface area contributed by atoms with Crippen LogP contribution in [0.5, 0.6) is 5.75 Å². The lowest BCUT2D eigenvalue weighted by Gasteiger charge is -2.22. The zero-order chi connectivity index (χ0) is 19.9. The first-order valence-corrected chi connectivity index (χ1v) is 8.39. The highest BCUT2D eigenvalue weighted by Gasteiger charge is 2.25. The summed E-state index contributed by atoms with van der Waals surface area (Å²) < 4.78 is 20.4. The molecular weight excluding hydrogens is 350 g/mol. The quantitative estimate of drug-likeness (QED) is 0.749. The molecule has 0 aliphatic heterocycles. The molecule has 27 heavy (non-hydrogen) atoms. The van der Waals surface area contributed by atoms with Crippen LogP contribution in [0.25, 0.3) is 0 Å². The van der Waals surface area contributed by atoms with Crippen molar-refractivity contribution in [3.63, 3.8) is 0 Å². The van der Waals surface area contributed by atoms with E-state index in [0.29, 0.717) is 11.5 Å². The first-order valence-electron chi connectivity index (χ1n) is 8.39. The Balaban J connectivity index is 1.95. The molecule has 2 aromatic rings. The normalized spacial score (nSPS) is 12.1. The maximum Gasteiger partial charge on any atom is 0.408 e. The van der Waals surface area contributed by atoms with E-state index < -0.39 is 23.7 Å². The van der Waals surface area contributed by atoms with Crippen molar-refractivity contribution in [2.24, 2.45) is 0 Å². The van der Waals surface area contributed by atoms with Crippen LogP contribution in [0, 0.1) is 6.61 Å². The summed E-state index contributed by atoms with van der Waals surface area (Å²) in [5.41, 5.74) is 0.150. The molecule has 1 aromatic carbocycles. The van der Waals surface area contributed by atoms with Crippen molar-refractivity contribution in [3.8, 4) is 5.75 Å². The third-order valence-electron chi connectivity index (χ3n) is 3.33. The van der Waals surface area contributed by atoms with Gasteiger partial charge < -0.3 is 23.9 Å². The largest absolute Gasteiger partial charge is 0.469 e. The fraction of sp³-hybridized carbons (Fsp3) is 0.350. The van der Waals surface area contributed by atoms with Crippen molar-refractivity contribution in [2.75, 3.05) is 7.11 Å². The minimum Gasteiger partial charge on any atom is -0.469 e. The van der Waals surface area contributed by atoms with Crippen molar-refractivity contribution in [3.05, 3.63) is 60.6 Å². The summed E-state index contributed by atoms with van der Waals surface area (Å²) in [5.74, 6) is 0.483. The number of carbonyl (C=O) groups is 2. The van der Waals surface area contributed by atoms with E-state index in [4.69, 9.17) is 18.6 Å². The summed E-state index contributed by atoms with van der Waals surface area (Å²) in [7, 11) is 1.27. The van der Waals surface area contributed by atoms with E-state index in [9.17, 15) is 9.59 Å². The van der Waals surface area contributed by atoms with E-state index in [0.717, 1.165) is 5.56 Å². The van der Waals surface area contributed by atoms with Gasteiger partial charge in [-0.1, -0.05) is 12.1 Å². The van der Waals surface area contributed by atoms with Gasteiger partial charge >= 0.3 is 12.1 Å². The Labute approximate surface area is 158 Å². The summed E-state index contributed by atoms with van der Waals surface area (Å²) in [6.07, 6.45) is 1.09. The van der Waals surface area contributed by atoms with Crippen molar-refractivity contribution in [2.45, 2.75) is 38.8 Å². The molecule has 0 saturated carbocycles. The van der Waals surface area contributed by atoms with E-state index in [1.54, 1.807) is 57.2 Å². The topological polar surface area (TPSA) is 87.0 Å². The van der Waals surface area contributed by atoms with Crippen molar-refractivity contribution in [1.82, 2.24) is 5.32 Å². The summed E-state index contributed by atoms with van der Waals surface area (Å²) in [6, 6.07) is 9.62. The number of alkyl carbamates (subject to hydrolysis) is 1. The minimum absolute atomic E-state index is 0.248. The standard InChI is InChI=1S/C20H23NO6/c1-20(2,3)27-19(23)21-17(18(22)24-4)12-14-7-9-15(10-8-14)26-13-16-6-5-11-25-16/h5-11,17H,12H2,1-4H3,(H,21,23)/t17-/m0/s1. The van der Waals surface area contributed by atoms with Gasteiger partial charge in [0.25, 0.3) is 6.61 Å². The average molecular weight is 373 g/mol. The predicted molar refractivity (Wildman–Crippen MR) is 97.0 cm³/mol. The molecule has 0 aliphatic rings. The molecule has 0 saturated heterocycles. The Morgan fingerprint density at radius 1 is 1.19 bits per heavy atom. The van der Waals surface area contributed by atoms with Crippen LogP contribution in [-0.2, 0) is 20.7 Å². The fourth-order valence-electron chi connectivity index (χ4n) is 2.16. The van der Waals surface area contributed by atoms with Crippen LogP contribution in [0.4, 0.5) is 4.79 Å². The monoisotopic (exact) mass is 373 g/mol. The molecule has 1 amide bonds. The van der Waals surface area contributed by atoms with Gasteiger partial charge in [-0.25, -0.2) is 9.59 Å². The summed E-state index contributed by atoms with van der Waals surface area (Å²) in [4.78, 5) is 23.9. The Morgan fingerprint density at radius 3 is 2.44 bits per heavy atom. The lowest BCUT2D eigenvalue weighted by Crippen LogP contribution is -2.45. The van der Waals surface area contributed by atoms with Gasteiger partial charge in [-0.15, -0.1) is 0 Å². The maximum absolute atomic E-state index is 12.0. The number of rotatable bonds is 7. The van der Waals surface area contributed by atoms with Crippen LogP contribution in [0.1, 0.15) is 32.1 Å². The van der Waals surface area contributed by atoms with E-state index in [1.807, 2.05) is 0 Å². The third-order valence-corrected chi connectivity index (χ3v) is 3.33. The zero-order valence-electron chi connectivity index (χ0n) is 15.8. The summed E-state index contributed by atoms with van der Waals surface area (Å²) >= 11 is 0. The minimum atomic E-state index is -0.863. The van der Waals surface area contributed by atoms with Crippen molar-refractivity contribution in [1.29, 1.82) is 0 Å². The van der Waals surface area contributed by atoms with Gasteiger partial charge in [-0.2, -0.15) is 0 Å². The number of hydrogen-bond acceptors (Lipinski definition) is 6. The van der Waals surface area contributed by atoms with E-state index in [1.165, 1.54) is 13.4 Å². The third kappa shape index (κ3) is 7.05. The van der Waals surface area contributed by atoms with Gasteiger partial charge in [0, 0.05) is 6.42 Å². The number of carbonyl (C=O) groups excluding carboxylic acids is 2. The molecule has 7 nitrogen and oxygen atoms in total. The maximum atomic E-state index is 12.0. The number of methoxy groups -OCH3 is 1. The number of benzene rings is 1. The lowest BCUT2D eigenvalue weighted by atomic mass is 10.1. The average Bonchev–Trinajstić information content (AvgIpc) is 3.11. The van der Waals surface area contributed by atoms with Gasteiger partial charge in [-0.05, 0) is 50.6 Å². The molecule has 0 fully saturated rings. The molecule has 0 bridgehead atoms. The SMILES string of the molecule is COC(=O)[C@H](Cc1ccc(O[C]c2ccco2)cc1)NC(=O)OC(C)(C)C. The fourth-order valence-corrected chi connectivity index (χ4v) is 2.16. The Bertz CT molecular complexity index is 731. The van der Waals surface area contributed by atoms with Gasteiger partial charge in [0.1, 0.15) is 17.4 Å². The second-order valence-electron chi connectivity index (χ2n) is 6.75. The van der Waals surface area contributed by atoms with Crippen LogP contribution in [-0.4, -0.2) is 30.8 Å². The highest BCUT2D eigenvalue weighted by Crippen LogP contribution is 2.17. The molecule has 2 radical (unpaired) electrons. The van der Waals surface area contributed by atoms with Crippen molar-refractivity contribution < 1.29 is 28.2 Å². The molecule has 2 rings (SSSR count). The molecule has 7 heteroatoms. The predicted octanol–water partition coefficient (Wildman–Crippen LogP) is 3.35. The van der Waals surface area contributed by atoms with E-state index >= 15 is 0 Å². The Hall–Kier alpha value is -2.96. The molecule has 1 N–H and O–H groups in total. The Morgan fingerprint density at radius 2 is 1.89 bits per heavy atom. The van der Waals surface area contributed by atoms with Crippen LogP contribution in [0.15, 0.2) is 47.1 Å². The van der Waals surface area contributed by atoms with Crippen molar-refractivity contribution >= 4 is 12.1 Å². The highest BCUT2D eigenvalue weighted by molar-refractivity contribution is 5.81. The number of esters is 1.